The number of rotatable bonds is 4. The van der Waals surface area contributed by atoms with Crippen LogP contribution >= 0.6 is 27.5 Å². The second-order valence-corrected chi connectivity index (χ2v) is 6.89. The summed E-state index contributed by atoms with van der Waals surface area (Å²) in [7, 11) is 1.30. The van der Waals surface area contributed by atoms with Gasteiger partial charge in [-0.3, -0.25) is 15.6 Å². The lowest BCUT2D eigenvalue weighted by Crippen LogP contribution is -2.37. The van der Waals surface area contributed by atoms with Gasteiger partial charge in [0.25, 0.3) is 0 Å². The van der Waals surface area contributed by atoms with Crippen LogP contribution in [0.3, 0.4) is 0 Å². The highest BCUT2D eigenvalue weighted by atomic mass is 79.9. The van der Waals surface area contributed by atoms with Crippen molar-refractivity contribution in [3.8, 4) is 0 Å². The van der Waals surface area contributed by atoms with Crippen molar-refractivity contribution >= 4 is 56.3 Å². The minimum absolute atomic E-state index is 0.0721. The van der Waals surface area contributed by atoms with Crippen LogP contribution in [-0.4, -0.2) is 42.2 Å². The second-order valence-electron chi connectivity index (χ2n) is 5.68. The van der Waals surface area contributed by atoms with Gasteiger partial charge in [0.1, 0.15) is 0 Å². The third kappa shape index (κ3) is 4.05. The van der Waals surface area contributed by atoms with Crippen LogP contribution < -0.4 is 10.9 Å². The van der Waals surface area contributed by atoms with Crippen molar-refractivity contribution < 1.29 is 19.1 Å². The Bertz CT molecular complexity index is 858. The summed E-state index contributed by atoms with van der Waals surface area (Å²) in [6.07, 6.45) is 1.35. The maximum atomic E-state index is 12.2. The van der Waals surface area contributed by atoms with Gasteiger partial charge in [0.2, 0.25) is 5.91 Å². The molecule has 138 valence electrons. The molecule has 2 aromatic rings. The lowest BCUT2D eigenvalue weighted by molar-refractivity contribution is -0.127. The molecular weight excluding hydrogens is 428 g/mol. The van der Waals surface area contributed by atoms with Crippen LogP contribution in [0.4, 0.5) is 5.82 Å². The summed E-state index contributed by atoms with van der Waals surface area (Å²) in [4.78, 5) is 32.5. The summed E-state index contributed by atoms with van der Waals surface area (Å²) >= 11 is 9.46. The molecule has 1 aliphatic heterocycles. The molecule has 0 aliphatic carbocycles. The van der Waals surface area contributed by atoms with Crippen LogP contribution in [-0.2, 0) is 14.3 Å². The average molecular weight is 444 g/mol. The van der Waals surface area contributed by atoms with E-state index < -0.39 is 5.97 Å². The molecule has 0 bridgehead atoms. The summed E-state index contributed by atoms with van der Waals surface area (Å²) in [5.74, 6) is -0.534. The van der Waals surface area contributed by atoms with Gasteiger partial charge in [0, 0.05) is 23.6 Å². The van der Waals surface area contributed by atoms with Crippen molar-refractivity contribution in [2.75, 3.05) is 25.7 Å². The number of halogens is 2. The third-order valence-electron chi connectivity index (χ3n) is 4.01. The van der Waals surface area contributed by atoms with Crippen molar-refractivity contribution in [3.05, 3.63) is 27.3 Å². The maximum absolute atomic E-state index is 12.2. The molecule has 8 nitrogen and oxygen atoms in total. The zero-order valence-electron chi connectivity index (χ0n) is 13.8. The van der Waals surface area contributed by atoms with E-state index in [1.165, 1.54) is 13.2 Å². The van der Waals surface area contributed by atoms with Crippen molar-refractivity contribution in [3.63, 3.8) is 0 Å². The monoisotopic (exact) mass is 442 g/mol. The number of hydrogen-bond acceptors (Lipinski definition) is 7. The summed E-state index contributed by atoms with van der Waals surface area (Å²) in [6.45, 7) is 1.15. The highest BCUT2D eigenvalue weighted by Gasteiger charge is 2.22. The first kappa shape index (κ1) is 18.8. The van der Waals surface area contributed by atoms with Gasteiger partial charge in [-0.1, -0.05) is 11.6 Å². The molecule has 0 atom stereocenters. The van der Waals surface area contributed by atoms with Crippen LogP contribution in [0.2, 0.25) is 5.15 Å². The summed E-state index contributed by atoms with van der Waals surface area (Å²) in [6, 6.07) is 3.17. The van der Waals surface area contributed by atoms with E-state index in [1.54, 1.807) is 6.07 Å². The molecule has 1 aromatic carbocycles. The Hall–Kier alpha value is -1.97. The lowest BCUT2D eigenvalue weighted by Gasteiger charge is -2.21. The maximum Gasteiger partial charge on any atom is 0.339 e. The molecule has 1 amide bonds. The standard InChI is InChI=1S/C16H16BrClN4O4/c1-25-16(24)9-6-11-12(7-10(9)17)20-14(13(18)19-11)21-22-15(23)8-2-4-26-5-3-8/h6-8H,2-5H2,1H3,(H,20,21)(H,22,23). The van der Waals surface area contributed by atoms with Gasteiger partial charge in [-0.25, -0.2) is 14.8 Å². The van der Waals surface area contributed by atoms with Crippen LogP contribution in [0.25, 0.3) is 11.0 Å². The Balaban J connectivity index is 1.79. The first-order chi connectivity index (χ1) is 12.5. The van der Waals surface area contributed by atoms with E-state index in [9.17, 15) is 9.59 Å². The molecule has 1 aliphatic rings. The number of nitrogens with zero attached hydrogens (tertiary/aromatic N) is 2. The SMILES string of the molecule is COC(=O)c1cc2nc(Cl)c(NNC(=O)C3CCOCC3)nc2cc1Br. The first-order valence-electron chi connectivity index (χ1n) is 7.88. The van der Waals surface area contributed by atoms with Crippen molar-refractivity contribution in [1.82, 2.24) is 15.4 Å². The molecule has 3 rings (SSSR count). The van der Waals surface area contributed by atoms with Crippen LogP contribution in [0.5, 0.6) is 0 Å². The number of hydrazine groups is 1. The quantitative estimate of drug-likeness (QED) is 0.553. The van der Waals surface area contributed by atoms with E-state index in [-0.39, 0.29) is 22.8 Å². The smallest absolute Gasteiger partial charge is 0.339 e. The molecule has 0 spiro atoms. The van der Waals surface area contributed by atoms with Crippen LogP contribution in [0.15, 0.2) is 16.6 Å². The normalized spacial score (nSPS) is 14.9. The first-order valence-corrected chi connectivity index (χ1v) is 9.05. The lowest BCUT2D eigenvalue weighted by atomic mass is 10.00. The Morgan fingerprint density at radius 3 is 2.65 bits per heavy atom. The number of methoxy groups -OCH3 is 1. The summed E-state index contributed by atoms with van der Waals surface area (Å²) in [5, 5.41) is 0.0721. The average Bonchev–Trinajstić information content (AvgIpc) is 2.66. The molecule has 0 radical (unpaired) electrons. The molecule has 0 unspecified atom stereocenters. The predicted octanol–water partition coefficient (Wildman–Crippen LogP) is 2.70. The molecule has 1 saturated heterocycles. The largest absolute Gasteiger partial charge is 0.465 e. The van der Waals surface area contributed by atoms with E-state index >= 15 is 0 Å². The Morgan fingerprint density at radius 2 is 1.96 bits per heavy atom. The van der Waals surface area contributed by atoms with E-state index in [0.29, 0.717) is 47.1 Å². The minimum Gasteiger partial charge on any atom is -0.465 e. The van der Waals surface area contributed by atoms with Gasteiger partial charge >= 0.3 is 5.97 Å². The van der Waals surface area contributed by atoms with Gasteiger partial charge in [0.05, 0.1) is 23.7 Å². The van der Waals surface area contributed by atoms with Gasteiger partial charge in [-0.05, 0) is 40.9 Å². The fourth-order valence-electron chi connectivity index (χ4n) is 2.58. The number of benzene rings is 1. The number of anilines is 1. The molecule has 26 heavy (non-hydrogen) atoms. The molecule has 0 saturated carbocycles. The highest BCUT2D eigenvalue weighted by Crippen LogP contribution is 2.27. The second kappa shape index (κ2) is 8.15. The van der Waals surface area contributed by atoms with E-state index in [0.717, 1.165) is 0 Å². The Kier molecular flexibility index (Phi) is 5.90. The van der Waals surface area contributed by atoms with E-state index in [1.807, 2.05) is 0 Å². The van der Waals surface area contributed by atoms with Gasteiger partial charge in [0.15, 0.2) is 11.0 Å². The Morgan fingerprint density at radius 1 is 1.27 bits per heavy atom. The fraction of sp³-hybridized carbons (Fsp3) is 0.375. The molecular formula is C16H16BrClN4O4. The number of ether oxygens (including phenoxy) is 2. The van der Waals surface area contributed by atoms with Crippen molar-refractivity contribution in [1.29, 1.82) is 0 Å². The van der Waals surface area contributed by atoms with Gasteiger partial charge < -0.3 is 9.47 Å². The molecule has 10 heteroatoms. The van der Waals surface area contributed by atoms with Crippen molar-refractivity contribution in [2.45, 2.75) is 12.8 Å². The number of esters is 1. The minimum atomic E-state index is -0.498. The Labute approximate surface area is 162 Å². The molecule has 2 N–H and O–H groups in total. The number of aromatic nitrogens is 2. The zero-order valence-corrected chi connectivity index (χ0v) is 16.2. The van der Waals surface area contributed by atoms with Crippen molar-refractivity contribution in [2.24, 2.45) is 5.92 Å². The van der Waals surface area contributed by atoms with Gasteiger partial charge in [-0.15, -0.1) is 0 Å². The van der Waals surface area contributed by atoms with Gasteiger partial charge in [-0.2, -0.15) is 0 Å². The highest BCUT2D eigenvalue weighted by molar-refractivity contribution is 9.10. The van der Waals surface area contributed by atoms with E-state index in [2.05, 4.69) is 36.7 Å². The number of carbonyl (C=O) groups excluding carboxylic acids is 2. The third-order valence-corrected chi connectivity index (χ3v) is 4.93. The predicted molar refractivity (Wildman–Crippen MR) is 98.9 cm³/mol. The topological polar surface area (TPSA) is 102 Å². The molecule has 1 fully saturated rings. The fourth-order valence-corrected chi connectivity index (χ4v) is 3.26. The number of carbonyl (C=O) groups is 2. The molecule has 2 heterocycles. The summed E-state index contributed by atoms with van der Waals surface area (Å²) < 4.78 is 10.5. The number of fused-ring (bicyclic) bond motifs is 1. The number of amides is 1. The van der Waals surface area contributed by atoms with Crippen LogP contribution in [0.1, 0.15) is 23.2 Å². The van der Waals surface area contributed by atoms with Crippen LogP contribution in [0, 0.1) is 5.92 Å². The number of nitrogens with one attached hydrogen (secondary N) is 2. The number of hydrogen-bond donors (Lipinski definition) is 2. The zero-order chi connectivity index (χ0) is 18.7. The molecule has 1 aromatic heterocycles. The summed E-state index contributed by atoms with van der Waals surface area (Å²) in [5.41, 5.74) is 6.57. The van der Waals surface area contributed by atoms with E-state index in [4.69, 9.17) is 21.1 Å².